The Morgan fingerprint density at radius 3 is 2.36 bits per heavy atom. The average Bonchev–Trinajstić information content (AvgIpc) is 2.09. The standard InChI is InChI=1S/C9H20N2O2.Li/c10-6-3-1-2-4-7-11-8-5-9(12)13;/h11H,1-8,10H2,(H,12,13);. The van der Waals surface area contributed by atoms with E-state index in [4.69, 9.17) is 10.8 Å². The number of hydrogen-bond acceptors (Lipinski definition) is 3. The molecule has 0 aliphatic carbocycles. The minimum Gasteiger partial charge on any atom is -0.481 e. The smallest absolute Gasteiger partial charge is 0.304 e. The van der Waals surface area contributed by atoms with Crippen molar-refractivity contribution < 1.29 is 9.90 Å². The van der Waals surface area contributed by atoms with Crippen molar-refractivity contribution in [2.24, 2.45) is 5.73 Å². The molecule has 0 aliphatic heterocycles. The molecule has 14 heavy (non-hydrogen) atoms. The molecule has 0 amide bonds. The van der Waals surface area contributed by atoms with Crippen LogP contribution in [0.4, 0.5) is 0 Å². The molecule has 0 rings (SSSR count). The molecule has 0 atom stereocenters. The third-order valence-electron chi connectivity index (χ3n) is 1.82. The van der Waals surface area contributed by atoms with Gasteiger partial charge in [-0.1, -0.05) is 12.8 Å². The number of carbonyl (C=O) groups is 1. The summed E-state index contributed by atoms with van der Waals surface area (Å²) in [6, 6.07) is 0. The van der Waals surface area contributed by atoms with Crippen LogP contribution in [0.2, 0.25) is 0 Å². The normalized spacial score (nSPS) is 9.50. The fourth-order valence-electron chi connectivity index (χ4n) is 1.07. The van der Waals surface area contributed by atoms with Gasteiger partial charge in [-0.15, -0.1) is 0 Å². The number of rotatable bonds is 9. The summed E-state index contributed by atoms with van der Waals surface area (Å²) in [6.07, 6.45) is 4.77. The summed E-state index contributed by atoms with van der Waals surface area (Å²) in [7, 11) is 0. The molecule has 0 aliphatic rings. The van der Waals surface area contributed by atoms with Crippen LogP contribution in [0.1, 0.15) is 32.1 Å². The van der Waals surface area contributed by atoms with Crippen LogP contribution in [0.25, 0.3) is 0 Å². The van der Waals surface area contributed by atoms with E-state index in [1.165, 1.54) is 12.8 Å². The molecule has 0 heterocycles. The SMILES string of the molecule is NCCCCCCNCCC(=O)O.[Li]. The van der Waals surface area contributed by atoms with Crippen molar-refractivity contribution in [1.29, 1.82) is 0 Å². The van der Waals surface area contributed by atoms with Crippen LogP contribution in [0, 0.1) is 0 Å². The summed E-state index contributed by atoms with van der Waals surface area (Å²) < 4.78 is 0. The Bertz CT molecular complexity index is 134. The number of aliphatic carboxylic acids is 1. The molecule has 0 saturated heterocycles. The van der Waals surface area contributed by atoms with Crippen molar-refractivity contribution in [3.63, 3.8) is 0 Å². The predicted molar refractivity (Wildman–Crippen MR) is 58.4 cm³/mol. The largest absolute Gasteiger partial charge is 0.481 e. The van der Waals surface area contributed by atoms with Crippen molar-refractivity contribution in [3.8, 4) is 0 Å². The molecule has 79 valence electrons. The number of carboxylic acid groups (broad SMARTS) is 1. The van der Waals surface area contributed by atoms with E-state index in [1.54, 1.807) is 0 Å². The molecule has 0 aromatic carbocycles. The number of carboxylic acids is 1. The van der Waals surface area contributed by atoms with E-state index < -0.39 is 5.97 Å². The van der Waals surface area contributed by atoms with Crippen LogP contribution in [0.5, 0.6) is 0 Å². The van der Waals surface area contributed by atoms with E-state index in [9.17, 15) is 4.79 Å². The van der Waals surface area contributed by atoms with E-state index in [2.05, 4.69) is 5.32 Å². The van der Waals surface area contributed by atoms with Gasteiger partial charge in [0.25, 0.3) is 0 Å². The fraction of sp³-hybridized carbons (Fsp3) is 0.889. The van der Waals surface area contributed by atoms with Crippen molar-refractivity contribution >= 4 is 24.8 Å². The van der Waals surface area contributed by atoms with E-state index >= 15 is 0 Å². The topological polar surface area (TPSA) is 75.3 Å². The first-order valence-electron chi connectivity index (χ1n) is 4.90. The number of nitrogens with one attached hydrogen (secondary N) is 1. The molecule has 0 aromatic rings. The first kappa shape index (κ1) is 16.4. The van der Waals surface area contributed by atoms with Crippen molar-refractivity contribution in [3.05, 3.63) is 0 Å². The fourth-order valence-corrected chi connectivity index (χ4v) is 1.07. The summed E-state index contributed by atoms with van der Waals surface area (Å²) in [6.45, 7) is 2.26. The van der Waals surface area contributed by atoms with Crippen LogP contribution in [0.3, 0.4) is 0 Å². The predicted octanol–water partition coefficient (Wildman–Crippen LogP) is 0.189. The second kappa shape index (κ2) is 13.0. The summed E-state index contributed by atoms with van der Waals surface area (Å²) in [5, 5.41) is 11.4. The van der Waals surface area contributed by atoms with Gasteiger partial charge in [0.2, 0.25) is 0 Å². The van der Waals surface area contributed by atoms with Crippen LogP contribution >= 0.6 is 0 Å². The molecule has 0 saturated carbocycles. The Morgan fingerprint density at radius 2 is 1.79 bits per heavy atom. The van der Waals surface area contributed by atoms with Gasteiger partial charge in [0.05, 0.1) is 6.42 Å². The summed E-state index contributed by atoms with van der Waals surface area (Å²) in [5.74, 6) is -0.740. The number of hydrogen-bond donors (Lipinski definition) is 3. The quantitative estimate of drug-likeness (QED) is 0.362. The molecule has 1 radical (unpaired) electrons. The molecule has 0 unspecified atom stereocenters. The zero-order valence-electron chi connectivity index (χ0n) is 9.09. The van der Waals surface area contributed by atoms with Gasteiger partial charge >= 0.3 is 5.97 Å². The summed E-state index contributed by atoms with van der Waals surface area (Å²) in [4.78, 5) is 10.1. The van der Waals surface area contributed by atoms with E-state index in [-0.39, 0.29) is 25.3 Å². The Morgan fingerprint density at radius 1 is 1.14 bits per heavy atom. The van der Waals surface area contributed by atoms with Gasteiger partial charge in [0.1, 0.15) is 0 Å². The Labute approximate surface area is 97.8 Å². The molecular formula is C9H20LiN2O2. The summed E-state index contributed by atoms with van der Waals surface area (Å²) >= 11 is 0. The van der Waals surface area contributed by atoms with E-state index in [0.29, 0.717) is 6.54 Å². The molecule has 0 spiro atoms. The maximum Gasteiger partial charge on any atom is 0.304 e. The Kier molecular flexibility index (Phi) is 15.2. The molecule has 0 bridgehead atoms. The van der Waals surface area contributed by atoms with Gasteiger partial charge in [-0.2, -0.15) is 0 Å². The molecular weight excluding hydrogens is 175 g/mol. The maximum atomic E-state index is 10.1. The van der Waals surface area contributed by atoms with Gasteiger partial charge in [-0.05, 0) is 25.9 Å². The van der Waals surface area contributed by atoms with Crippen molar-refractivity contribution in [2.75, 3.05) is 19.6 Å². The first-order chi connectivity index (χ1) is 6.27. The van der Waals surface area contributed by atoms with Crippen molar-refractivity contribution in [1.82, 2.24) is 5.32 Å². The van der Waals surface area contributed by atoms with Gasteiger partial charge < -0.3 is 16.2 Å². The van der Waals surface area contributed by atoms with Crippen LogP contribution in [-0.2, 0) is 4.79 Å². The first-order valence-corrected chi connectivity index (χ1v) is 4.90. The molecule has 4 nitrogen and oxygen atoms in total. The second-order valence-electron chi connectivity index (χ2n) is 3.10. The number of nitrogens with two attached hydrogens (primary N) is 1. The molecule has 0 fully saturated rings. The van der Waals surface area contributed by atoms with E-state index in [1.807, 2.05) is 0 Å². The van der Waals surface area contributed by atoms with Gasteiger partial charge in [0.15, 0.2) is 0 Å². The van der Waals surface area contributed by atoms with Crippen LogP contribution in [0.15, 0.2) is 0 Å². The average molecular weight is 195 g/mol. The minimum absolute atomic E-state index is 0. The maximum absolute atomic E-state index is 10.1. The molecule has 0 aromatic heterocycles. The monoisotopic (exact) mass is 195 g/mol. The van der Waals surface area contributed by atoms with Crippen molar-refractivity contribution in [2.45, 2.75) is 32.1 Å². The van der Waals surface area contributed by atoms with Gasteiger partial charge in [-0.25, -0.2) is 0 Å². The third-order valence-corrected chi connectivity index (χ3v) is 1.82. The zero-order valence-corrected chi connectivity index (χ0v) is 9.09. The van der Waals surface area contributed by atoms with E-state index in [0.717, 1.165) is 25.9 Å². The zero-order chi connectivity index (χ0) is 9.94. The Hall–Kier alpha value is -0.0126. The third kappa shape index (κ3) is 14.5. The Balaban J connectivity index is 0. The van der Waals surface area contributed by atoms with Gasteiger partial charge in [-0.3, -0.25) is 4.79 Å². The minimum atomic E-state index is -0.740. The summed E-state index contributed by atoms with van der Waals surface area (Å²) in [5.41, 5.74) is 5.34. The second-order valence-corrected chi connectivity index (χ2v) is 3.10. The van der Waals surface area contributed by atoms with Gasteiger partial charge in [0, 0.05) is 25.4 Å². The molecule has 4 N–H and O–H groups in total. The number of unbranched alkanes of at least 4 members (excludes halogenated alkanes) is 3. The van der Waals surface area contributed by atoms with Crippen LogP contribution in [-0.4, -0.2) is 49.6 Å². The molecule has 5 heteroatoms. The van der Waals surface area contributed by atoms with Crippen LogP contribution < -0.4 is 11.1 Å².